The lowest BCUT2D eigenvalue weighted by molar-refractivity contribution is 0.563. The molecule has 0 unspecified atom stereocenters. The number of benzene rings is 2. The van der Waals surface area contributed by atoms with Crippen LogP contribution < -0.4 is 5.63 Å². The molecule has 0 amide bonds. The lowest BCUT2D eigenvalue weighted by Gasteiger charge is -2.06. The second-order valence-corrected chi connectivity index (χ2v) is 7.74. The number of hydrogen-bond donors (Lipinski definition) is 0. The molecule has 27 heavy (non-hydrogen) atoms. The minimum Gasteiger partial charge on any atom is -0.422 e. The third-order valence-electron chi connectivity index (χ3n) is 4.03. The van der Waals surface area contributed by atoms with Crippen molar-refractivity contribution in [1.82, 2.24) is 9.55 Å². The molecule has 0 fully saturated rings. The zero-order valence-corrected chi connectivity index (χ0v) is 16.7. The average Bonchev–Trinajstić information content (AvgIpc) is 3.10. The number of para-hydroxylation sites is 1. The van der Waals surface area contributed by atoms with Crippen LogP contribution in [-0.2, 0) is 0 Å². The van der Waals surface area contributed by atoms with Crippen LogP contribution in [0, 0.1) is 0 Å². The highest BCUT2D eigenvalue weighted by Gasteiger charge is 2.15. The number of nitrogens with zero attached hydrogens (tertiary/aromatic N) is 2. The number of rotatable bonds is 5. The van der Waals surface area contributed by atoms with Crippen molar-refractivity contribution in [2.75, 3.05) is 5.75 Å². The molecule has 0 radical (unpaired) electrons. The number of fused-ring (bicyclic) bond motifs is 1. The highest BCUT2D eigenvalue weighted by Crippen LogP contribution is 2.28. The summed E-state index contributed by atoms with van der Waals surface area (Å²) in [4.78, 5) is 17.2. The first-order valence-corrected chi connectivity index (χ1v) is 10.1. The van der Waals surface area contributed by atoms with Gasteiger partial charge in [-0.1, -0.05) is 52.0 Å². The Kier molecular flexibility index (Phi) is 5.01. The van der Waals surface area contributed by atoms with Crippen LogP contribution in [0.15, 0.2) is 92.3 Å². The summed E-state index contributed by atoms with van der Waals surface area (Å²) < 4.78 is 8.44. The van der Waals surface area contributed by atoms with Gasteiger partial charge in [-0.3, -0.25) is 4.57 Å². The van der Waals surface area contributed by atoms with Crippen molar-refractivity contribution in [3.8, 4) is 16.9 Å². The maximum Gasteiger partial charge on any atom is 0.345 e. The van der Waals surface area contributed by atoms with Crippen molar-refractivity contribution in [2.45, 2.75) is 5.16 Å². The molecule has 2 aromatic heterocycles. The number of halogens is 1. The van der Waals surface area contributed by atoms with Gasteiger partial charge in [0.15, 0.2) is 5.16 Å². The average molecular weight is 439 g/mol. The van der Waals surface area contributed by atoms with E-state index >= 15 is 0 Å². The second-order valence-electron chi connectivity index (χ2n) is 5.84. The molecule has 0 aliphatic heterocycles. The fraction of sp³-hybridized carbons (Fsp3) is 0.0476. The number of thioether (sulfide) groups is 1. The standard InChI is InChI=1S/C21H15BrN2O2S/c1-2-11-27-21-23-18(13-24(21)16-9-7-15(22)8-10-16)17-12-14-5-3-4-6-19(14)26-20(17)25/h2-10,12-13H,1,11H2. The number of imidazole rings is 1. The molecule has 4 aromatic rings. The summed E-state index contributed by atoms with van der Waals surface area (Å²) in [5.74, 6) is 0.722. The third kappa shape index (κ3) is 3.63. The predicted octanol–water partition coefficient (Wildman–Crippen LogP) is 5.69. The number of aromatic nitrogens is 2. The van der Waals surface area contributed by atoms with Gasteiger partial charge in [-0.25, -0.2) is 9.78 Å². The van der Waals surface area contributed by atoms with Gasteiger partial charge in [0, 0.05) is 27.5 Å². The van der Waals surface area contributed by atoms with E-state index in [1.54, 1.807) is 17.8 Å². The van der Waals surface area contributed by atoms with Gasteiger partial charge in [0.1, 0.15) is 5.58 Å². The minimum absolute atomic E-state index is 0.394. The Morgan fingerprint density at radius 3 is 2.74 bits per heavy atom. The molecule has 0 saturated heterocycles. The molecule has 0 bridgehead atoms. The van der Waals surface area contributed by atoms with Crippen molar-refractivity contribution in [3.63, 3.8) is 0 Å². The molecule has 134 valence electrons. The summed E-state index contributed by atoms with van der Waals surface area (Å²) in [6, 6.07) is 17.2. The van der Waals surface area contributed by atoms with Crippen molar-refractivity contribution >= 4 is 38.7 Å². The Bertz CT molecular complexity index is 1180. The van der Waals surface area contributed by atoms with E-state index in [1.165, 1.54) is 0 Å². The van der Waals surface area contributed by atoms with Gasteiger partial charge in [0.2, 0.25) is 0 Å². The monoisotopic (exact) mass is 438 g/mol. The molecule has 0 atom stereocenters. The highest BCUT2D eigenvalue weighted by molar-refractivity contribution is 9.10. The molecule has 0 spiro atoms. The van der Waals surface area contributed by atoms with Gasteiger partial charge in [0.25, 0.3) is 0 Å². The fourth-order valence-corrected chi connectivity index (χ4v) is 3.75. The van der Waals surface area contributed by atoms with Crippen LogP contribution in [0.5, 0.6) is 0 Å². The van der Waals surface area contributed by atoms with Crippen LogP contribution >= 0.6 is 27.7 Å². The molecule has 6 heteroatoms. The maximum absolute atomic E-state index is 12.5. The molecule has 0 N–H and O–H groups in total. The first kappa shape index (κ1) is 17.8. The summed E-state index contributed by atoms with van der Waals surface area (Å²) in [5, 5.41) is 1.66. The summed E-state index contributed by atoms with van der Waals surface area (Å²) in [5.41, 5.74) is 2.18. The van der Waals surface area contributed by atoms with Crippen LogP contribution in [0.2, 0.25) is 0 Å². The van der Waals surface area contributed by atoms with E-state index in [0.717, 1.165) is 26.5 Å². The van der Waals surface area contributed by atoms with Gasteiger partial charge in [-0.2, -0.15) is 0 Å². The Labute approximate surface area is 168 Å². The molecule has 4 nitrogen and oxygen atoms in total. The number of hydrogen-bond acceptors (Lipinski definition) is 4. The Hall–Kier alpha value is -2.57. The largest absolute Gasteiger partial charge is 0.422 e. The van der Waals surface area contributed by atoms with Crippen molar-refractivity contribution in [2.24, 2.45) is 0 Å². The Morgan fingerprint density at radius 1 is 1.19 bits per heavy atom. The van der Waals surface area contributed by atoms with E-state index < -0.39 is 5.63 Å². The summed E-state index contributed by atoms with van der Waals surface area (Å²) in [6.07, 6.45) is 3.70. The van der Waals surface area contributed by atoms with E-state index in [-0.39, 0.29) is 0 Å². The topological polar surface area (TPSA) is 48.0 Å². The van der Waals surface area contributed by atoms with E-state index in [1.807, 2.05) is 65.4 Å². The zero-order valence-electron chi connectivity index (χ0n) is 14.3. The molecule has 4 rings (SSSR count). The van der Waals surface area contributed by atoms with Gasteiger partial charge in [-0.05, 0) is 36.4 Å². The van der Waals surface area contributed by atoms with E-state index in [9.17, 15) is 4.79 Å². The molecule has 0 aliphatic rings. The summed E-state index contributed by atoms with van der Waals surface area (Å²) in [6.45, 7) is 3.77. The van der Waals surface area contributed by atoms with Crippen LogP contribution in [0.25, 0.3) is 27.9 Å². The maximum atomic E-state index is 12.5. The molecule has 2 aromatic carbocycles. The first-order valence-electron chi connectivity index (χ1n) is 8.28. The first-order chi connectivity index (χ1) is 13.2. The van der Waals surface area contributed by atoms with Crippen molar-refractivity contribution < 1.29 is 4.42 Å². The predicted molar refractivity (Wildman–Crippen MR) is 114 cm³/mol. The SMILES string of the molecule is C=CCSc1nc(-c2cc3ccccc3oc2=O)cn1-c1ccc(Br)cc1. The highest BCUT2D eigenvalue weighted by atomic mass is 79.9. The lowest BCUT2D eigenvalue weighted by atomic mass is 10.1. The molecule has 2 heterocycles. The van der Waals surface area contributed by atoms with Crippen molar-refractivity contribution in [1.29, 1.82) is 0 Å². The van der Waals surface area contributed by atoms with Crippen LogP contribution in [0.4, 0.5) is 0 Å². The summed E-state index contributed by atoms with van der Waals surface area (Å²) in [7, 11) is 0. The van der Waals surface area contributed by atoms with E-state index in [0.29, 0.717) is 16.8 Å². The van der Waals surface area contributed by atoms with Crippen LogP contribution in [0.3, 0.4) is 0 Å². The van der Waals surface area contributed by atoms with Gasteiger partial charge < -0.3 is 4.42 Å². The lowest BCUT2D eigenvalue weighted by Crippen LogP contribution is -2.02. The van der Waals surface area contributed by atoms with Crippen LogP contribution in [0.1, 0.15) is 0 Å². The smallest absolute Gasteiger partial charge is 0.345 e. The molecule has 0 aliphatic carbocycles. The zero-order chi connectivity index (χ0) is 18.8. The van der Waals surface area contributed by atoms with E-state index in [4.69, 9.17) is 9.40 Å². The molecular formula is C21H15BrN2O2S. The fourth-order valence-electron chi connectivity index (χ4n) is 2.76. The normalized spacial score (nSPS) is 11.0. The van der Waals surface area contributed by atoms with E-state index in [2.05, 4.69) is 22.5 Å². The second kappa shape index (κ2) is 7.58. The van der Waals surface area contributed by atoms with Crippen LogP contribution in [-0.4, -0.2) is 15.3 Å². The minimum atomic E-state index is -0.394. The van der Waals surface area contributed by atoms with Crippen molar-refractivity contribution in [3.05, 3.63) is 88.3 Å². The third-order valence-corrected chi connectivity index (χ3v) is 5.50. The van der Waals surface area contributed by atoms with Gasteiger partial charge in [-0.15, -0.1) is 6.58 Å². The quantitative estimate of drug-likeness (QED) is 0.228. The molecule has 0 saturated carbocycles. The van der Waals surface area contributed by atoms with Gasteiger partial charge in [0.05, 0.1) is 11.3 Å². The molecular weight excluding hydrogens is 424 g/mol. The Morgan fingerprint density at radius 2 is 1.96 bits per heavy atom. The summed E-state index contributed by atoms with van der Waals surface area (Å²) >= 11 is 5.02. The Balaban J connectivity index is 1.86. The van der Waals surface area contributed by atoms with Gasteiger partial charge >= 0.3 is 5.63 Å².